The molecule has 0 aromatic rings. The van der Waals surface area contributed by atoms with Crippen molar-refractivity contribution >= 4 is 6.21 Å². The van der Waals surface area contributed by atoms with Gasteiger partial charge in [-0.3, -0.25) is 0 Å². The van der Waals surface area contributed by atoms with Gasteiger partial charge >= 0.3 is 0 Å². The van der Waals surface area contributed by atoms with Gasteiger partial charge in [-0.05, 0) is 17.7 Å². The highest BCUT2D eigenvalue weighted by Gasteiger charge is 2.22. The van der Waals surface area contributed by atoms with Gasteiger partial charge in [0.15, 0.2) is 0 Å². The summed E-state index contributed by atoms with van der Waals surface area (Å²) in [5, 5.41) is 11.3. The fraction of sp³-hybridized carbons (Fsp3) is 0.222. The van der Waals surface area contributed by atoms with Crippen LogP contribution in [0.25, 0.3) is 0 Å². The maximum atomic E-state index is 8.30. The molecule has 0 saturated carbocycles. The molecule has 0 radical (unpaired) electrons. The summed E-state index contributed by atoms with van der Waals surface area (Å²) in [6, 6.07) is 0. The number of fused-ring (bicyclic) bond motifs is 1. The van der Waals surface area contributed by atoms with Crippen LogP contribution < -0.4 is 0 Å². The predicted molar refractivity (Wildman–Crippen MR) is 45.0 cm³/mol. The fourth-order valence-corrected chi connectivity index (χ4v) is 1.39. The third-order valence-electron chi connectivity index (χ3n) is 1.99. The molecule has 1 N–H and O–H groups in total. The first-order chi connectivity index (χ1) is 5.90. The maximum absolute atomic E-state index is 8.30. The van der Waals surface area contributed by atoms with Crippen LogP contribution in [-0.2, 0) is 4.74 Å². The van der Waals surface area contributed by atoms with E-state index in [2.05, 4.69) is 5.16 Å². The zero-order valence-corrected chi connectivity index (χ0v) is 6.42. The molecule has 0 spiro atoms. The van der Waals surface area contributed by atoms with Gasteiger partial charge in [0.1, 0.15) is 6.10 Å². The van der Waals surface area contributed by atoms with E-state index in [1.165, 1.54) is 6.21 Å². The Labute approximate surface area is 70.3 Å². The molecule has 0 aromatic heterocycles. The summed E-state index contributed by atoms with van der Waals surface area (Å²) in [4.78, 5) is 0. The molecule has 1 aliphatic heterocycles. The highest BCUT2D eigenvalue weighted by Crippen LogP contribution is 2.25. The van der Waals surface area contributed by atoms with Crippen molar-refractivity contribution in [2.24, 2.45) is 11.1 Å². The summed E-state index contributed by atoms with van der Waals surface area (Å²) in [6.45, 7) is 0. The monoisotopic (exact) mass is 163 g/mol. The lowest BCUT2D eigenvalue weighted by Crippen LogP contribution is -2.14. The van der Waals surface area contributed by atoms with Crippen LogP contribution in [0.2, 0.25) is 0 Å². The van der Waals surface area contributed by atoms with Crippen LogP contribution in [-0.4, -0.2) is 17.5 Å². The van der Waals surface area contributed by atoms with Crippen LogP contribution in [0.15, 0.2) is 41.3 Å². The third kappa shape index (κ3) is 1.13. The summed E-state index contributed by atoms with van der Waals surface area (Å²) in [5.74, 6) is 0.294. The van der Waals surface area contributed by atoms with E-state index in [0.29, 0.717) is 5.92 Å². The molecule has 2 aliphatic rings. The van der Waals surface area contributed by atoms with E-state index >= 15 is 0 Å². The first-order valence-corrected chi connectivity index (χ1v) is 3.80. The van der Waals surface area contributed by atoms with E-state index in [9.17, 15) is 0 Å². The van der Waals surface area contributed by atoms with Gasteiger partial charge in [-0.25, -0.2) is 0 Å². The molecule has 1 aliphatic carbocycles. The largest absolute Gasteiger partial charge is 0.493 e. The Morgan fingerprint density at radius 1 is 1.50 bits per heavy atom. The summed E-state index contributed by atoms with van der Waals surface area (Å²) in [6.07, 6.45) is 11.1. The van der Waals surface area contributed by atoms with Crippen LogP contribution in [0.1, 0.15) is 0 Å². The Morgan fingerprint density at radius 2 is 2.42 bits per heavy atom. The molecule has 2 rings (SSSR count). The molecule has 0 bridgehead atoms. The molecular weight excluding hydrogens is 154 g/mol. The summed E-state index contributed by atoms with van der Waals surface area (Å²) in [5.41, 5.74) is 0.911. The molecule has 3 heteroatoms. The minimum Gasteiger partial charge on any atom is -0.493 e. The van der Waals surface area contributed by atoms with Gasteiger partial charge in [0.05, 0.1) is 12.5 Å². The van der Waals surface area contributed by atoms with Crippen molar-refractivity contribution in [1.29, 1.82) is 0 Å². The number of ether oxygens (including phenoxy) is 1. The molecule has 0 aromatic carbocycles. The normalized spacial score (nSPS) is 31.8. The van der Waals surface area contributed by atoms with E-state index in [4.69, 9.17) is 9.94 Å². The van der Waals surface area contributed by atoms with Crippen molar-refractivity contribution in [2.75, 3.05) is 0 Å². The van der Waals surface area contributed by atoms with Gasteiger partial charge in [0, 0.05) is 5.92 Å². The predicted octanol–water partition coefficient (Wildman–Crippen LogP) is 1.47. The lowest BCUT2D eigenvalue weighted by Gasteiger charge is -2.15. The fourth-order valence-electron chi connectivity index (χ4n) is 1.39. The number of hydrogen-bond donors (Lipinski definition) is 1. The lowest BCUT2D eigenvalue weighted by molar-refractivity contribution is 0.192. The second-order valence-electron chi connectivity index (χ2n) is 2.78. The van der Waals surface area contributed by atoms with Crippen molar-refractivity contribution in [1.82, 2.24) is 0 Å². The Morgan fingerprint density at radius 3 is 3.25 bits per heavy atom. The van der Waals surface area contributed by atoms with Gasteiger partial charge in [0.25, 0.3) is 0 Å². The highest BCUT2D eigenvalue weighted by atomic mass is 16.5. The van der Waals surface area contributed by atoms with Crippen LogP contribution in [0.5, 0.6) is 0 Å². The van der Waals surface area contributed by atoms with Gasteiger partial charge in [-0.15, -0.1) is 0 Å². The lowest BCUT2D eigenvalue weighted by atomic mass is 9.95. The van der Waals surface area contributed by atoms with Crippen LogP contribution in [0.4, 0.5) is 0 Å². The Hall–Kier alpha value is -1.51. The quantitative estimate of drug-likeness (QED) is 0.361. The SMILES string of the molecule is ON=CC1=CC2C=COC2C=C1. The van der Waals surface area contributed by atoms with Crippen molar-refractivity contribution in [3.8, 4) is 0 Å². The zero-order chi connectivity index (χ0) is 8.39. The van der Waals surface area contributed by atoms with E-state index in [1.807, 2.05) is 24.3 Å². The number of rotatable bonds is 1. The van der Waals surface area contributed by atoms with Crippen LogP contribution >= 0.6 is 0 Å². The van der Waals surface area contributed by atoms with Gasteiger partial charge in [-0.1, -0.05) is 17.3 Å². The molecule has 62 valence electrons. The van der Waals surface area contributed by atoms with Crippen molar-refractivity contribution < 1.29 is 9.94 Å². The standard InChI is InChI=1S/C9H9NO2/c11-10-6-7-1-2-9-8(5-7)3-4-12-9/h1-6,8-9,11H. The molecule has 3 nitrogen and oxygen atoms in total. The average molecular weight is 163 g/mol. The molecule has 12 heavy (non-hydrogen) atoms. The second-order valence-corrected chi connectivity index (χ2v) is 2.78. The molecule has 0 amide bonds. The van der Waals surface area contributed by atoms with Crippen molar-refractivity contribution in [3.05, 3.63) is 36.1 Å². The number of oxime groups is 1. The molecule has 0 saturated heterocycles. The Balaban J connectivity index is 2.19. The number of hydrogen-bond acceptors (Lipinski definition) is 3. The molecule has 0 fully saturated rings. The minimum atomic E-state index is 0.140. The van der Waals surface area contributed by atoms with E-state index < -0.39 is 0 Å². The van der Waals surface area contributed by atoms with Gasteiger partial charge in [-0.2, -0.15) is 0 Å². The molecule has 2 atom stereocenters. The first kappa shape index (κ1) is 7.16. The summed E-state index contributed by atoms with van der Waals surface area (Å²) in [7, 11) is 0. The molecule has 1 heterocycles. The number of nitrogens with zero attached hydrogens (tertiary/aromatic N) is 1. The van der Waals surface area contributed by atoms with Crippen LogP contribution in [0, 0.1) is 5.92 Å². The highest BCUT2D eigenvalue weighted by molar-refractivity contribution is 5.82. The Kier molecular flexibility index (Phi) is 1.70. The van der Waals surface area contributed by atoms with E-state index in [1.54, 1.807) is 6.26 Å². The van der Waals surface area contributed by atoms with E-state index in [-0.39, 0.29) is 6.10 Å². The topological polar surface area (TPSA) is 41.8 Å². The second kappa shape index (κ2) is 2.85. The molecule has 2 unspecified atom stereocenters. The minimum absolute atomic E-state index is 0.140. The summed E-state index contributed by atoms with van der Waals surface area (Å²) < 4.78 is 5.26. The van der Waals surface area contributed by atoms with Gasteiger partial charge in [0.2, 0.25) is 0 Å². The van der Waals surface area contributed by atoms with Gasteiger partial charge < -0.3 is 9.94 Å². The number of allylic oxidation sites excluding steroid dienone is 2. The van der Waals surface area contributed by atoms with Crippen molar-refractivity contribution in [3.63, 3.8) is 0 Å². The third-order valence-corrected chi connectivity index (χ3v) is 1.99. The maximum Gasteiger partial charge on any atom is 0.126 e. The van der Waals surface area contributed by atoms with E-state index in [0.717, 1.165) is 5.57 Å². The Bertz CT molecular complexity index is 289. The molecular formula is C9H9NO2. The summed E-state index contributed by atoms with van der Waals surface area (Å²) >= 11 is 0. The first-order valence-electron chi connectivity index (χ1n) is 3.80. The van der Waals surface area contributed by atoms with Crippen molar-refractivity contribution in [2.45, 2.75) is 6.10 Å². The smallest absolute Gasteiger partial charge is 0.126 e. The van der Waals surface area contributed by atoms with Crippen LogP contribution in [0.3, 0.4) is 0 Å². The average Bonchev–Trinajstić information content (AvgIpc) is 2.51. The zero-order valence-electron chi connectivity index (χ0n) is 6.42.